The maximum absolute atomic E-state index is 12.5. The van der Waals surface area contributed by atoms with E-state index >= 15 is 0 Å². The number of para-hydroxylation sites is 1. The number of aromatic nitrogens is 3. The lowest BCUT2D eigenvalue weighted by Gasteiger charge is -2.17. The van der Waals surface area contributed by atoms with Gasteiger partial charge in [0.25, 0.3) is 15.9 Å². The number of carbonyl (C=O) groups is 1. The average Bonchev–Trinajstić information content (AvgIpc) is 3.05. The van der Waals surface area contributed by atoms with Gasteiger partial charge in [-0.1, -0.05) is 35.9 Å². The van der Waals surface area contributed by atoms with Crippen molar-refractivity contribution in [1.82, 2.24) is 20.1 Å². The molecule has 2 heterocycles. The molecular formula is C17H14ClN5O3S. The predicted molar refractivity (Wildman–Crippen MR) is 99.5 cm³/mol. The number of sulfonamides is 1. The summed E-state index contributed by atoms with van der Waals surface area (Å²) in [5.41, 5.74) is 1.16. The third-order valence-electron chi connectivity index (χ3n) is 4.12. The van der Waals surface area contributed by atoms with Gasteiger partial charge in [0, 0.05) is 5.02 Å². The molecule has 0 aliphatic carbocycles. The van der Waals surface area contributed by atoms with Crippen LogP contribution in [-0.4, -0.2) is 29.1 Å². The van der Waals surface area contributed by atoms with Crippen LogP contribution in [0.2, 0.25) is 5.02 Å². The molecule has 0 saturated heterocycles. The third-order valence-corrected chi connectivity index (χ3v) is 5.73. The van der Waals surface area contributed by atoms with Crippen molar-refractivity contribution in [2.45, 2.75) is 17.9 Å². The lowest BCUT2D eigenvalue weighted by atomic mass is 10.1. The Morgan fingerprint density at radius 1 is 1.22 bits per heavy atom. The molecule has 138 valence electrons. The van der Waals surface area contributed by atoms with Gasteiger partial charge in [0.2, 0.25) is 11.8 Å². The molecule has 3 aromatic rings. The first-order valence-electron chi connectivity index (χ1n) is 8.01. The molecule has 0 radical (unpaired) electrons. The minimum absolute atomic E-state index is 0.0331. The third kappa shape index (κ3) is 3.15. The number of hydrogen-bond donors (Lipinski definition) is 2. The van der Waals surface area contributed by atoms with Crippen molar-refractivity contribution in [1.29, 1.82) is 0 Å². The lowest BCUT2D eigenvalue weighted by molar-refractivity contribution is 0.0929. The van der Waals surface area contributed by atoms with E-state index in [2.05, 4.69) is 20.1 Å². The van der Waals surface area contributed by atoms with Crippen LogP contribution in [0.4, 0.5) is 5.95 Å². The second-order valence-corrected chi connectivity index (χ2v) is 8.08. The van der Waals surface area contributed by atoms with E-state index in [1.807, 2.05) is 6.07 Å². The van der Waals surface area contributed by atoms with Crippen molar-refractivity contribution in [2.24, 2.45) is 0 Å². The second kappa shape index (κ2) is 6.36. The Kier molecular flexibility index (Phi) is 4.12. The monoisotopic (exact) mass is 403 g/mol. The largest absolute Gasteiger partial charge is 0.343 e. The van der Waals surface area contributed by atoms with Crippen molar-refractivity contribution >= 4 is 33.5 Å². The summed E-state index contributed by atoms with van der Waals surface area (Å²) in [6, 6.07) is 13.2. The van der Waals surface area contributed by atoms with E-state index in [1.165, 1.54) is 10.7 Å². The van der Waals surface area contributed by atoms with Gasteiger partial charge in [-0.05, 0) is 36.8 Å². The van der Waals surface area contributed by atoms with Gasteiger partial charge in [-0.2, -0.15) is 9.67 Å². The molecule has 1 aliphatic rings. The normalized spacial score (nSPS) is 15.2. The van der Waals surface area contributed by atoms with Gasteiger partial charge in [-0.3, -0.25) is 4.79 Å². The van der Waals surface area contributed by atoms with Gasteiger partial charge in [-0.15, -0.1) is 5.10 Å². The molecule has 1 amide bonds. The van der Waals surface area contributed by atoms with Crippen molar-refractivity contribution in [3.63, 3.8) is 0 Å². The summed E-state index contributed by atoms with van der Waals surface area (Å²) in [5.74, 6) is -0.700. The molecule has 1 aromatic heterocycles. The Hall–Kier alpha value is -2.91. The van der Waals surface area contributed by atoms with Gasteiger partial charge < -0.3 is 5.32 Å². The van der Waals surface area contributed by atoms with Crippen molar-refractivity contribution in [3.8, 4) is 5.69 Å². The highest BCUT2D eigenvalue weighted by atomic mass is 35.5. The van der Waals surface area contributed by atoms with Crippen LogP contribution < -0.4 is 10.0 Å². The van der Waals surface area contributed by atoms with E-state index in [9.17, 15) is 13.2 Å². The van der Waals surface area contributed by atoms with Crippen LogP contribution in [0.5, 0.6) is 0 Å². The van der Waals surface area contributed by atoms with Crippen LogP contribution in [0, 0.1) is 0 Å². The van der Waals surface area contributed by atoms with Crippen molar-refractivity contribution in [2.75, 3.05) is 4.72 Å². The Morgan fingerprint density at radius 2 is 2.00 bits per heavy atom. The number of hydrogen-bond acceptors (Lipinski definition) is 5. The fourth-order valence-electron chi connectivity index (χ4n) is 2.80. The summed E-state index contributed by atoms with van der Waals surface area (Å²) in [4.78, 5) is 16.6. The van der Waals surface area contributed by atoms with Gasteiger partial charge in [0.1, 0.15) is 4.90 Å². The molecule has 0 unspecified atom stereocenters. The van der Waals surface area contributed by atoms with Crippen LogP contribution >= 0.6 is 11.6 Å². The molecule has 0 fully saturated rings. The van der Waals surface area contributed by atoms with E-state index in [0.717, 1.165) is 5.56 Å². The number of fused-ring (bicyclic) bond motifs is 3. The maximum Gasteiger partial charge on any atom is 0.291 e. The molecule has 8 nitrogen and oxygen atoms in total. The summed E-state index contributed by atoms with van der Waals surface area (Å²) in [5, 5.41) is 7.51. The maximum atomic E-state index is 12.5. The lowest BCUT2D eigenvalue weighted by Crippen LogP contribution is -2.27. The van der Waals surface area contributed by atoms with Crippen LogP contribution in [-0.2, 0) is 10.0 Å². The van der Waals surface area contributed by atoms with Crippen LogP contribution in [0.15, 0.2) is 53.4 Å². The Labute approximate surface area is 160 Å². The second-order valence-electron chi connectivity index (χ2n) is 5.99. The zero-order valence-corrected chi connectivity index (χ0v) is 15.6. The minimum atomic E-state index is -3.76. The topological polar surface area (TPSA) is 106 Å². The van der Waals surface area contributed by atoms with Crippen molar-refractivity contribution < 1.29 is 13.2 Å². The standard InChI is InChI=1S/C17H14ClN5O3S/c1-10(11-5-4-6-12(18)9-11)19-16(24)15-20-17-22-27(25,26)14-8-3-2-7-13(14)23(17)21-15/h2-10H,1H3,(H,19,24)(H,20,21,22)/t10-/m1/s1. The molecule has 1 atom stereocenters. The average molecular weight is 404 g/mol. The molecule has 27 heavy (non-hydrogen) atoms. The van der Waals surface area contributed by atoms with Gasteiger partial charge in [0.15, 0.2) is 0 Å². The Bertz CT molecular complexity index is 1160. The highest BCUT2D eigenvalue weighted by Crippen LogP contribution is 2.29. The summed E-state index contributed by atoms with van der Waals surface area (Å²) in [6.45, 7) is 1.80. The van der Waals surface area contributed by atoms with Crippen LogP contribution in [0.3, 0.4) is 0 Å². The number of benzene rings is 2. The molecule has 0 saturated carbocycles. The number of nitrogens with zero attached hydrogens (tertiary/aromatic N) is 3. The quantitative estimate of drug-likeness (QED) is 0.699. The molecule has 10 heteroatoms. The van der Waals surface area contributed by atoms with E-state index < -0.39 is 15.9 Å². The molecule has 1 aliphatic heterocycles. The molecule has 0 bridgehead atoms. The van der Waals surface area contributed by atoms with Gasteiger partial charge in [0.05, 0.1) is 11.7 Å². The highest BCUT2D eigenvalue weighted by Gasteiger charge is 2.31. The first-order chi connectivity index (χ1) is 12.8. The fraction of sp³-hybridized carbons (Fsp3) is 0.118. The number of nitrogens with one attached hydrogen (secondary N) is 2. The summed E-state index contributed by atoms with van der Waals surface area (Å²) in [7, 11) is -3.76. The number of carbonyl (C=O) groups excluding carboxylic acids is 1. The number of amides is 1. The first-order valence-corrected chi connectivity index (χ1v) is 9.87. The van der Waals surface area contributed by atoms with Gasteiger partial charge >= 0.3 is 0 Å². The van der Waals surface area contributed by atoms with Crippen LogP contribution in [0.1, 0.15) is 29.1 Å². The molecule has 2 aromatic carbocycles. The number of anilines is 1. The summed E-state index contributed by atoms with van der Waals surface area (Å²) in [6.07, 6.45) is 0. The fourth-order valence-corrected chi connectivity index (χ4v) is 4.17. The Balaban J connectivity index is 1.64. The Morgan fingerprint density at radius 3 is 2.78 bits per heavy atom. The number of halogens is 1. The van der Waals surface area contributed by atoms with E-state index in [4.69, 9.17) is 11.6 Å². The molecule has 0 spiro atoms. The smallest absolute Gasteiger partial charge is 0.291 e. The number of rotatable bonds is 3. The first kappa shape index (κ1) is 17.5. The summed E-state index contributed by atoms with van der Waals surface area (Å²) >= 11 is 5.98. The SMILES string of the molecule is C[C@@H](NC(=O)c1nc2n(n1)-c1ccccc1S(=O)(=O)N2)c1cccc(Cl)c1. The highest BCUT2D eigenvalue weighted by molar-refractivity contribution is 7.92. The van der Waals surface area contributed by atoms with E-state index in [1.54, 1.807) is 43.3 Å². The predicted octanol–water partition coefficient (Wildman–Crippen LogP) is 2.53. The van der Waals surface area contributed by atoms with E-state index in [-0.39, 0.29) is 22.7 Å². The minimum Gasteiger partial charge on any atom is -0.343 e. The van der Waals surface area contributed by atoms with Crippen LogP contribution in [0.25, 0.3) is 5.69 Å². The summed E-state index contributed by atoms with van der Waals surface area (Å²) < 4.78 is 28.2. The zero-order valence-electron chi connectivity index (χ0n) is 14.0. The van der Waals surface area contributed by atoms with Crippen molar-refractivity contribution in [3.05, 3.63) is 64.9 Å². The van der Waals surface area contributed by atoms with E-state index in [0.29, 0.717) is 10.7 Å². The molecule has 2 N–H and O–H groups in total. The van der Waals surface area contributed by atoms with Gasteiger partial charge in [-0.25, -0.2) is 13.1 Å². The molecular weight excluding hydrogens is 390 g/mol. The zero-order chi connectivity index (χ0) is 19.2. The molecule has 4 rings (SSSR count).